The number of hydrogen-bond donors (Lipinski definition) is 11. The van der Waals surface area contributed by atoms with Crippen LogP contribution < -0.4 is 17.6 Å². The fraction of sp³-hybridized carbons (Fsp3) is 0.500. The molecule has 300 valence electrons. The number of aliphatic hydroxyl groups is 4. The van der Waals surface area contributed by atoms with Gasteiger partial charge in [0.25, 0.3) is 0 Å². The van der Waals surface area contributed by atoms with E-state index in [0.717, 1.165) is 34.4 Å². The molecule has 0 saturated carbocycles. The van der Waals surface area contributed by atoms with Crippen molar-refractivity contribution in [2.45, 2.75) is 49.1 Å². The maximum absolute atomic E-state index is 12.4. The third kappa shape index (κ3) is 8.83. The molecule has 0 aliphatic carbocycles. The lowest BCUT2D eigenvalue weighted by Gasteiger charge is -2.21. The Kier molecular flexibility index (Phi) is 12.1. The zero-order valence-electron chi connectivity index (χ0n) is 26.6. The van der Waals surface area contributed by atoms with E-state index >= 15 is 0 Å². The Labute approximate surface area is 299 Å². The van der Waals surface area contributed by atoms with Crippen molar-refractivity contribution in [2.75, 3.05) is 24.7 Å². The number of aliphatic hydroxyl groups excluding tert-OH is 4. The van der Waals surface area contributed by atoms with Gasteiger partial charge in [0.1, 0.15) is 60.3 Å². The highest BCUT2D eigenvalue weighted by Gasteiger charge is 2.50. The molecule has 15 N–H and O–H groups in total. The first-order valence-electron chi connectivity index (χ1n) is 14.3. The van der Waals surface area contributed by atoms with Crippen molar-refractivity contribution in [3.63, 3.8) is 0 Å². The van der Waals surface area contributed by atoms with Crippen molar-refractivity contribution in [3.05, 3.63) is 25.3 Å². The van der Waals surface area contributed by atoms with E-state index in [0.29, 0.717) is 0 Å². The second kappa shape index (κ2) is 15.5. The van der Waals surface area contributed by atoms with Crippen LogP contribution >= 0.6 is 31.3 Å². The maximum atomic E-state index is 12.4. The number of phosphoric acid groups is 4. The molecule has 2 saturated heterocycles. The van der Waals surface area contributed by atoms with Gasteiger partial charge in [-0.15, -0.1) is 0 Å². The highest BCUT2D eigenvalue weighted by molar-refractivity contribution is 7.69. The Morgan fingerprint density at radius 2 is 0.944 bits per heavy atom. The molecule has 0 radical (unpaired) electrons. The number of hydrogen-bond acceptors (Lipinski definition) is 24. The van der Waals surface area contributed by atoms with Crippen molar-refractivity contribution < 1.29 is 89.7 Å². The van der Waals surface area contributed by atoms with Gasteiger partial charge in [-0.1, -0.05) is 0 Å². The van der Waals surface area contributed by atoms with E-state index in [9.17, 15) is 58.3 Å². The first kappa shape index (κ1) is 42.1. The van der Waals surface area contributed by atoms with E-state index in [-0.39, 0.29) is 40.1 Å². The largest absolute Gasteiger partial charge is 0.490 e. The number of phosphoric ester groups is 2. The van der Waals surface area contributed by atoms with Gasteiger partial charge in [-0.05, 0) is 0 Å². The molecule has 4 aromatic heterocycles. The average molecular weight is 853 g/mol. The molecule has 12 atom stereocenters. The van der Waals surface area contributed by atoms with E-state index in [1.807, 2.05) is 0 Å². The Hall–Kier alpha value is -3.02. The van der Waals surface area contributed by atoms with Gasteiger partial charge in [-0.3, -0.25) is 18.2 Å². The monoisotopic (exact) mass is 853 g/mol. The molecular weight excluding hydrogens is 822 g/mol. The number of imidazole rings is 2. The van der Waals surface area contributed by atoms with Crippen molar-refractivity contribution in [3.8, 4) is 0 Å². The highest BCUT2D eigenvalue weighted by atomic mass is 31.3. The summed E-state index contributed by atoms with van der Waals surface area (Å²) in [5.41, 5.74) is 11.9. The summed E-state index contributed by atoms with van der Waals surface area (Å²) in [6.45, 7) is -2.22. The molecule has 0 amide bonds. The summed E-state index contributed by atoms with van der Waals surface area (Å²) < 4.78 is 83.4. The van der Waals surface area contributed by atoms with Gasteiger partial charge in [0.2, 0.25) is 0 Å². The van der Waals surface area contributed by atoms with E-state index in [4.69, 9.17) is 20.9 Å². The molecule has 6 rings (SSSR count). The second-order valence-corrected chi connectivity index (χ2v) is 17.2. The van der Waals surface area contributed by atoms with Crippen LogP contribution in [-0.4, -0.2) is 129 Å². The summed E-state index contributed by atoms with van der Waals surface area (Å²) in [7, 11) is -23.9. The molecule has 54 heavy (non-hydrogen) atoms. The molecule has 0 spiro atoms. The number of aromatic nitrogens is 8. The van der Waals surface area contributed by atoms with E-state index in [2.05, 4.69) is 51.9 Å². The second-order valence-electron chi connectivity index (χ2n) is 11.0. The lowest BCUT2D eigenvalue weighted by molar-refractivity contribution is -0.0505. The zero-order valence-corrected chi connectivity index (χ0v) is 30.2. The number of nitrogen functional groups attached to an aromatic ring is 2. The third-order valence-electron chi connectivity index (χ3n) is 7.42. The number of nitrogens with zero attached hydrogens (tertiary/aromatic N) is 8. The first-order valence-corrected chi connectivity index (χ1v) is 20.3. The molecule has 2 fully saturated rings. The van der Waals surface area contributed by atoms with E-state index < -0.39 is 93.6 Å². The molecule has 2 aliphatic rings. The minimum absolute atomic E-state index is 0. The van der Waals surface area contributed by atoms with Crippen LogP contribution in [0.2, 0.25) is 0 Å². The topological polar surface area (TPSA) is 469 Å². The van der Waals surface area contributed by atoms with Crippen molar-refractivity contribution in [1.82, 2.24) is 45.2 Å². The highest BCUT2D eigenvalue weighted by Crippen LogP contribution is 2.71. The standard InChI is InChI=1S/C20H28N10O19P4.H3N/c21-15-9-17(25-3-23-15)29(5-27-9)19-13(33)11(31)7(45-19)1-43-50(35,36)47-52(39,40)49-53(41,42)48-51(37,38)44-2-8-12(32)14(34)20(46-8)30-6-28-10-16(22)24-4-26-18(10)30;/h3-8,11-14,19-20,31-34H,1-2H2,(H,35,36)(H,37,38)(H,39,40)(H,41,42)(H2,21,23,25)(H2,22,24,26);1H3. The Morgan fingerprint density at radius 3 is 1.31 bits per heavy atom. The van der Waals surface area contributed by atoms with E-state index in [1.54, 1.807) is 0 Å². The van der Waals surface area contributed by atoms with Crippen LogP contribution in [0.15, 0.2) is 25.3 Å². The minimum atomic E-state index is -6.19. The summed E-state index contributed by atoms with van der Waals surface area (Å²) in [6.07, 6.45) is -8.58. The number of ether oxygens (including phenoxy) is 2. The summed E-state index contributed by atoms with van der Waals surface area (Å²) in [5, 5.41) is 41.8. The third-order valence-corrected chi connectivity index (χ3v) is 13.3. The molecule has 2 aliphatic heterocycles. The number of nitrogens with two attached hydrogens (primary N) is 2. The predicted octanol–water partition coefficient (Wildman–Crippen LogP) is -2.28. The molecule has 34 heteroatoms. The molecule has 12 unspecified atom stereocenters. The Morgan fingerprint density at radius 1 is 0.593 bits per heavy atom. The zero-order chi connectivity index (χ0) is 38.7. The van der Waals surface area contributed by atoms with Crippen LogP contribution in [0.4, 0.5) is 11.6 Å². The fourth-order valence-corrected chi connectivity index (χ4v) is 10.1. The van der Waals surface area contributed by atoms with Crippen molar-refractivity contribution in [1.29, 1.82) is 0 Å². The molecular formula is C20H31N11O19P4. The molecule has 0 aromatic carbocycles. The van der Waals surface area contributed by atoms with Gasteiger partial charge in [0.05, 0.1) is 25.9 Å². The average Bonchev–Trinajstić information content (AvgIpc) is 3.80. The maximum Gasteiger partial charge on any atom is 0.490 e. The minimum Gasteiger partial charge on any atom is -0.387 e. The van der Waals surface area contributed by atoms with Crippen LogP contribution in [0, 0.1) is 0 Å². The van der Waals surface area contributed by atoms with Crippen molar-refractivity contribution in [2.24, 2.45) is 0 Å². The number of anilines is 2. The summed E-state index contributed by atoms with van der Waals surface area (Å²) >= 11 is 0. The van der Waals surface area contributed by atoms with Crippen molar-refractivity contribution >= 4 is 65.3 Å². The van der Waals surface area contributed by atoms with Gasteiger partial charge < -0.3 is 67.1 Å². The van der Waals surface area contributed by atoms with Crippen LogP contribution in [0.5, 0.6) is 0 Å². The van der Waals surface area contributed by atoms with Crippen LogP contribution in [-0.2, 0) is 49.7 Å². The van der Waals surface area contributed by atoms with Gasteiger partial charge >= 0.3 is 31.3 Å². The van der Waals surface area contributed by atoms with Gasteiger partial charge in [-0.25, -0.2) is 48.2 Å². The molecule has 0 bridgehead atoms. The molecule has 4 aromatic rings. The summed E-state index contributed by atoms with van der Waals surface area (Å²) in [6, 6.07) is 0. The number of fused-ring (bicyclic) bond motifs is 2. The van der Waals surface area contributed by atoms with Gasteiger partial charge in [0, 0.05) is 0 Å². The fourth-order valence-electron chi connectivity index (χ4n) is 5.11. The normalized spacial score (nSPS) is 30.4. The lowest BCUT2D eigenvalue weighted by Crippen LogP contribution is -2.33. The quantitative estimate of drug-likeness (QED) is 0.0595. The van der Waals surface area contributed by atoms with Gasteiger partial charge in [0.15, 0.2) is 35.4 Å². The van der Waals surface area contributed by atoms with Crippen LogP contribution in [0.25, 0.3) is 22.3 Å². The molecule has 6 heterocycles. The predicted molar refractivity (Wildman–Crippen MR) is 171 cm³/mol. The summed E-state index contributed by atoms with van der Waals surface area (Å²) in [5.74, 6) is -0.0284. The van der Waals surface area contributed by atoms with Crippen LogP contribution in [0.1, 0.15) is 12.5 Å². The lowest BCUT2D eigenvalue weighted by atomic mass is 10.1. The Balaban J connectivity index is 0.00000561. The van der Waals surface area contributed by atoms with Gasteiger partial charge in [-0.2, -0.15) is 12.9 Å². The van der Waals surface area contributed by atoms with E-state index in [1.165, 1.54) is 0 Å². The van der Waals surface area contributed by atoms with Crippen LogP contribution in [0.3, 0.4) is 0 Å². The molecule has 30 nitrogen and oxygen atoms in total. The first-order chi connectivity index (χ1) is 24.7. The summed E-state index contributed by atoms with van der Waals surface area (Å²) in [4.78, 5) is 63.0. The Bertz CT molecular complexity index is 2040. The SMILES string of the molecule is N.Nc1ncnc2c1ncn2C1OC(COP(=O)(O)OP(=O)(O)OP(=O)(O)OP(=O)(O)OCC2OC(n3cnc4c(N)ncnc43)C(O)C2O)C(O)C1O. The smallest absolute Gasteiger partial charge is 0.387 e. The number of rotatable bonds is 14.